The van der Waals surface area contributed by atoms with E-state index in [0.717, 1.165) is 12.1 Å². The zero-order valence-corrected chi connectivity index (χ0v) is 12.4. The zero-order valence-electron chi connectivity index (χ0n) is 12.4. The Morgan fingerprint density at radius 1 is 1.00 bits per heavy atom. The highest BCUT2D eigenvalue weighted by atomic mass is 19.1. The molecular formula is C17H28FN. The van der Waals surface area contributed by atoms with Gasteiger partial charge in [-0.25, -0.2) is 4.39 Å². The highest BCUT2D eigenvalue weighted by Crippen LogP contribution is 2.16. The summed E-state index contributed by atoms with van der Waals surface area (Å²) in [6, 6.07) is 7.12. The summed E-state index contributed by atoms with van der Waals surface area (Å²) in [4.78, 5) is 0. The molecule has 0 aliphatic carbocycles. The van der Waals surface area contributed by atoms with E-state index in [1.165, 1.54) is 51.0 Å². The van der Waals surface area contributed by atoms with Crippen molar-refractivity contribution in [1.29, 1.82) is 0 Å². The van der Waals surface area contributed by atoms with Gasteiger partial charge in [0.2, 0.25) is 0 Å². The van der Waals surface area contributed by atoms with Crippen molar-refractivity contribution in [2.75, 3.05) is 6.54 Å². The first-order valence-corrected chi connectivity index (χ1v) is 7.73. The van der Waals surface area contributed by atoms with E-state index in [9.17, 15) is 4.39 Å². The summed E-state index contributed by atoms with van der Waals surface area (Å²) in [6.07, 6.45) is 9.19. The molecule has 0 amide bonds. The number of benzene rings is 1. The number of hydrogen-bond donors (Lipinski definition) is 1. The van der Waals surface area contributed by atoms with Gasteiger partial charge in [0, 0.05) is 11.6 Å². The van der Waals surface area contributed by atoms with E-state index in [2.05, 4.69) is 12.2 Å². The number of rotatable bonds is 10. The number of halogens is 1. The number of hydrogen-bond acceptors (Lipinski definition) is 1. The van der Waals surface area contributed by atoms with Crippen LogP contribution >= 0.6 is 0 Å². The molecule has 108 valence electrons. The second-order valence-corrected chi connectivity index (χ2v) is 5.32. The first kappa shape index (κ1) is 16.2. The molecule has 0 saturated carbocycles. The number of nitrogens with one attached hydrogen (secondary N) is 1. The molecule has 1 aromatic rings. The summed E-state index contributed by atoms with van der Waals surface area (Å²) < 4.78 is 13.5. The van der Waals surface area contributed by atoms with Crippen LogP contribution in [0.2, 0.25) is 0 Å². The predicted molar refractivity (Wildman–Crippen MR) is 80.8 cm³/mol. The van der Waals surface area contributed by atoms with Gasteiger partial charge in [-0.05, 0) is 26.0 Å². The van der Waals surface area contributed by atoms with Crippen LogP contribution in [0.15, 0.2) is 24.3 Å². The maximum absolute atomic E-state index is 13.5. The molecule has 0 aliphatic rings. The Morgan fingerprint density at radius 2 is 1.63 bits per heavy atom. The zero-order chi connectivity index (χ0) is 13.9. The molecule has 0 radical (unpaired) electrons. The third-order valence-corrected chi connectivity index (χ3v) is 3.60. The quantitative estimate of drug-likeness (QED) is 0.571. The van der Waals surface area contributed by atoms with Crippen molar-refractivity contribution in [3.05, 3.63) is 35.6 Å². The molecule has 1 aromatic carbocycles. The fourth-order valence-corrected chi connectivity index (χ4v) is 2.34. The van der Waals surface area contributed by atoms with Gasteiger partial charge >= 0.3 is 0 Å². The monoisotopic (exact) mass is 265 g/mol. The van der Waals surface area contributed by atoms with Crippen LogP contribution in [0.5, 0.6) is 0 Å². The first-order chi connectivity index (χ1) is 9.25. The van der Waals surface area contributed by atoms with Crippen LogP contribution in [0, 0.1) is 5.82 Å². The van der Waals surface area contributed by atoms with Crippen molar-refractivity contribution in [3.8, 4) is 0 Å². The van der Waals surface area contributed by atoms with E-state index >= 15 is 0 Å². The second kappa shape index (κ2) is 9.96. The molecule has 0 aliphatic heterocycles. The van der Waals surface area contributed by atoms with Crippen LogP contribution in [0.25, 0.3) is 0 Å². The van der Waals surface area contributed by atoms with Crippen LogP contribution in [0.4, 0.5) is 4.39 Å². The van der Waals surface area contributed by atoms with E-state index in [1.807, 2.05) is 19.1 Å². The lowest BCUT2D eigenvalue weighted by molar-refractivity contribution is 0.503. The van der Waals surface area contributed by atoms with Gasteiger partial charge in [0.25, 0.3) is 0 Å². The van der Waals surface area contributed by atoms with Gasteiger partial charge in [-0.3, -0.25) is 0 Å². The van der Waals surface area contributed by atoms with Crippen LogP contribution in [0.3, 0.4) is 0 Å². The lowest BCUT2D eigenvalue weighted by Crippen LogP contribution is -2.20. The lowest BCUT2D eigenvalue weighted by Gasteiger charge is -2.14. The Bertz CT molecular complexity index is 338. The molecule has 0 bridgehead atoms. The van der Waals surface area contributed by atoms with Crippen molar-refractivity contribution < 1.29 is 4.39 Å². The maximum atomic E-state index is 13.5. The van der Waals surface area contributed by atoms with Gasteiger partial charge in [-0.1, -0.05) is 63.6 Å². The number of unbranched alkanes of at least 4 members (excludes halogenated alkanes) is 6. The minimum Gasteiger partial charge on any atom is -0.310 e. The molecule has 0 heterocycles. The van der Waals surface area contributed by atoms with E-state index in [4.69, 9.17) is 0 Å². The molecular weight excluding hydrogens is 237 g/mol. The fourth-order valence-electron chi connectivity index (χ4n) is 2.34. The molecule has 1 N–H and O–H groups in total. The van der Waals surface area contributed by atoms with Crippen molar-refractivity contribution in [1.82, 2.24) is 5.32 Å². The lowest BCUT2D eigenvalue weighted by atomic mass is 10.1. The van der Waals surface area contributed by atoms with Gasteiger partial charge < -0.3 is 5.32 Å². The van der Waals surface area contributed by atoms with Gasteiger partial charge in [-0.15, -0.1) is 0 Å². The molecule has 1 nitrogen and oxygen atoms in total. The topological polar surface area (TPSA) is 12.0 Å². The Kier molecular flexibility index (Phi) is 8.48. The summed E-state index contributed by atoms with van der Waals surface area (Å²) in [6.45, 7) is 5.25. The van der Waals surface area contributed by atoms with Crippen LogP contribution in [0.1, 0.15) is 70.4 Å². The summed E-state index contributed by atoms with van der Waals surface area (Å²) in [5.41, 5.74) is 0.769. The Morgan fingerprint density at radius 3 is 2.32 bits per heavy atom. The van der Waals surface area contributed by atoms with Crippen LogP contribution in [-0.2, 0) is 0 Å². The summed E-state index contributed by atoms with van der Waals surface area (Å²) in [5, 5.41) is 3.40. The standard InChI is InChI=1S/C17H28FN/c1-3-4-5-6-7-8-11-14-19-15(2)16-12-9-10-13-17(16)18/h9-10,12-13,15,19H,3-8,11,14H2,1-2H3/t15-/m1/s1. The van der Waals surface area contributed by atoms with E-state index in [1.54, 1.807) is 6.07 Å². The second-order valence-electron chi connectivity index (χ2n) is 5.32. The summed E-state index contributed by atoms with van der Waals surface area (Å²) in [7, 11) is 0. The molecule has 0 aromatic heterocycles. The fraction of sp³-hybridized carbons (Fsp3) is 0.647. The highest BCUT2D eigenvalue weighted by Gasteiger charge is 2.08. The molecule has 1 rings (SSSR count). The Balaban J connectivity index is 2.08. The normalized spacial score (nSPS) is 12.6. The molecule has 0 spiro atoms. The molecule has 0 unspecified atom stereocenters. The minimum atomic E-state index is -0.109. The average Bonchev–Trinajstić information content (AvgIpc) is 2.42. The van der Waals surface area contributed by atoms with Crippen molar-refractivity contribution >= 4 is 0 Å². The van der Waals surface area contributed by atoms with Gasteiger partial charge in [0.05, 0.1) is 0 Å². The highest BCUT2D eigenvalue weighted by molar-refractivity contribution is 5.20. The SMILES string of the molecule is CCCCCCCCCN[C@H](C)c1ccccc1F. The van der Waals surface area contributed by atoms with E-state index in [0.29, 0.717) is 0 Å². The Hall–Kier alpha value is -0.890. The van der Waals surface area contributed by atoms with E-state index < -0.39 is 0 Å². The van der Waals surface area contributed by atoms with Gasteiger partial charge in [0.15, 0.2) is 0 Å². The predicted octanol–water partition coefficient (Wildman–Crippen LogP) is 5.23. The summed E-state index contributed by atoms with van der Waals surface area (Å²) >= 11 is 0. The van der Waals surface area contributed by atoms with Gasteiger partial charge in [-0.2, -0.15) is 0 Å². The smallest absolute Gasteiger partial charge is 0.127 e. The average molecular weight is 265 g/mol. The third kappa shape index (κ3) is 6.72. The van der Waals surface area contributed by atoms with Crippen molar-refractivity contribution in [2.45, 2.75) is 64.8 Å². The van der Waals surface area contributed by atoms with Crippen LogP contribution in [-0.4, -0.2) is 6.54 Å². The first-order valence-electron chi connectivity index (χ1n) is 7.73. The van der Waals surface area contributed by atoms with Crippen LogP contribution < -0.4 is 5.32 Å². The molecule has 19 heavy (non-hydrogen) atoms. The van der Waals surface area contributed by atoms with Crippen molar-refractivity contribution in [3.63, 3.8) is 0 Å². The summed E-state index contributed by atoms with van der Waals surface area (Å²) in [5.74, 6) is -0.109. The van der Waals surface area contributed by atoms with Crippen molar-refractivity contribution in [2.24, 2.45) is 0 Å². The molecule has 0 fully saturated rings. The third-order valence-electron chi connectivity index (χ3n) is 3.60. The molecule has 2 heteroatoms. The minimum absolute atomic E-state index is 0.0984. The molecule has 0 saturated heterocycles. The maximum Gasteiger partial charge on any atom is 0.127 e. The van der Waals surface area contributed by atoms with E-state index in [-0.39, 0.29) is 11.9 Å². The largest absolute Gasteiger partial charge is 0.310 e. The van der Waals surface area contributed by atoms with Gasteiger partial charge in [0.1, 0.15) is 5.82 Å². The Labute approximate surface area is 117 Å². The molecule has 1 atom stereocenters.